The van der Waals surface area contributed by atoms with Crippen molar-refractivity contribution in [2.45, 2.75) is 37.1 Å². The van der Waals surface area contributed by atoms with Crippen molar-refractivity contribution in [3.05, 3.63) is 29.3 Å². The Balaban J connectivity index is 2.33. The third kappa shape index (κ3) is 3.18. The molecule has 0 unspecified atom stereocenters. The third-order valence-corrected chi connectivity index (χ3v) is 5.36. The van der Waals surface area contributed by atoms with Gasteiger partial charge in [0.25, 0.3) is 0 Å². The van der Waals surface area contributed by atoms with Gasteiger partial charge in [-0.25, -0.2) is 13.1 Å². The predicted octanol–water partition coefficient (Wildman–Crippen LogP) is 1.71. The highest BCUT2D eigenvalue weighted by atomic mass is 32.2. The second kappa shape index (κ2) is 5.52. The highest BCUT2D eigenvalue weighted by Crippen LogP contribution is 2.24. The summed E-state index contributed by atoms with van der Waals surface area (Å²) in [5.74, 6) is 0. The Bertz CT molecular complexity index is 641. The number of ether oxygens (including phenoxy) is 1. The molecule has 0 spiro atoms. The Kier molecular flexibility index (Phi) is 4.14. The van der Waals surface area contributed by atoms with Crippen LogP contribution in [0.15, 0.2) is 23.1 Å². The van der Waals surface area contributed by atoms with Gasteiger partial charge in [-0.1, -0.05) is 6.07 Å². The zero-order valence-electron chi connectivity index (χ0n) is 11.6. The van der Waals surface area contributed by atoms with E-state index >= 15 is 0 Å². The average molecular weight is 294 g/mol. The van der Waals surface area contributed by atoms with E-state index in [1.54, 1.807) is 19.1 Å². The average Bonchev–Trinajstić information content (AvgIpc) is 2.38. The van der Waals surface area contributed by atoms with Gasteiger partial charge in [-0.3, -0.25) is 0 Å². The van der Waals surface area contributed by atoms with E-state index in [0.717, 1.165) is 0 Å². The van der Waals surface area contributed by atoms with Crippen molar-refractivity contribution >= 4 is 10.0 Å². The fourth-order valence-electron chi connectivity index (χ4n) is 2.26. The van der Waals surface area contributed by atoms with Crippen molar-refractivity contribution in [2.24, 2.45) is 0 Å². The lowest BCUT2D eigenvalue weighted by atomic mass is 9.94. The monoisotopic (exact) mass is 294 g/mol. The Morgan fingerprint density at radius 1 is 1.35 bits per heavy atom. The minimum absolute atomic E-state index is 0.171. The number of nitriles is 1. The van der Waals surface area contributed by atoms with E-state index in [-0.39, 0.29) is 4.90 Å². The molecule has 0 aromatic heterocycles. The third-order valence-electron chi connectivity index (χ3n) is 3.58. The van der Waals surface area contributed by atoms with Crippen LogP contribution in [0.4, 0.5) is 0 Å². The van der Waals surface area contributed by atoms with Crippen LogP contribution in [0.25, 0.3) is 0 Å². The highest BCUT2D eigenvalue weighted by molar-refractivity contribution is 7.89. The van der Waals surface area contributed by atoms with Gasteiger partial charge in [-0.15, -0.1) is 0 Å². The van der Waals surface area contributed by atoms with Crippen molar-refractivity contribution < 1.29 is 13.2 Å². The molecular weight excluding hydrogens is 276 g/mol. The molecule has 1 aromatic rings. The number of rotatable bonds is 3. The van der Waals surface area contributed by atoms with Crippen LogP contribution in [-0.2, 0) is 14.8 Å². The van der Waals surface area contributed by atoms with Crippen LogP contribution in [0.3, 0.4) is 0 Å². The maximum atomic E-state index is 12.5. The van der Waals surface area contributed by atoms with Crippen molar-refractivity contribution in [2.75, 3.05) is 13.2 Å². The molecule has 0 bridgehead atoms. The number of hydrogen-bond acceptors (Lipinski definition) is 4. The van der Waals surface area contributed by atoms with Gasteiger partial charge in [0, 0.05) is 18.8 Å². The molecule has 1 aliphatic heterocycles. The Hall–Kier alpha value is -1.42. The lowest BCUT2D eigenvalue weighted by Gasteiger charge is -2.34. The van der Waals surface area contributed by atoms with Crippen molar-refractivity contribution in [3.63, 3.8) is 0 Å². The van der Waals surface area contributed by atoms with Crippen LogP contribution >= 0.6 is 0 Å². The second-order valence-corrected chi connectivity index (χ2v) is 7.02. The molecule has 0 atom stereocenters. The molecule has 1 aromatic carbocycles. The SMILES string of the molecule is Cc1ccc(C#N)cc1S(=O)(=O)NC1(C)CCOCC1. The Labute approximate surface area is 119 Å². The first-order valence-electron chi connectivity index (χ1n) is 6.49. The van der Waals surface area contributed by atoms with E-state index in [2.05, 4.69) is 4.72 Å². The lowest BCUT2D eigenvalue weighted by molar-refractivity contribution is 0.0537. The maximum Gasteiger partial charge on any atom is 0.241 e. The molecule has 1 aliphatic rings. The van der Waals surface area contributed by atoms with Crippen molar-refractivity contribution in [1.82, 2.24) is 4.72 Å². The van der Waals surface area contributed by atoms with Crippen LogP contribution < -0.4 is 4.72 Å². The van der Waals surface area contributed by atoms with Crippen LogP contribution in [-0.4, -0.2) is 27.2 Å². The molecule has 5 nitrogen and oxygen atoms in total. The first-order chi connectivity index (χ1) is 9.36. The quantitative estimate of drug-likeness (QED) is 0.920. The van der Waals surface area contributed by atoms with E-state index in [0.29, 0.717) is 37.2 Å². The van der Waals surface area contributed by atoms with E-state index in [1.807, 2.05) is 13.0 Å². The molecule has 0 amide bonds. The van der Waals surface area contributed by atoms with Crippen LogP contribution in [0.1, 0.15) is 30.9 Å². The number of nitrogens with zero attached hydrogens (tertiary/aromatic N) is 1. The zero-order valence-corrected chi connectivity index (χ0v) is 12.5. The van der Waals surface area contributed by atoms with Gasteiger partial charge in [0.2, 0.25) is 10.0 Å². The van der Waals surface area contributed by atoms with E-state index in [4.69, 9.17) is 10.00 Å². The number of benzene rings is 1. The number of sulfonamides is 1. The minimum Gasteiger partial charge on any atom is -0.381 e. The van der Waals surface area contributed by atoms with Gasteiger partial charge in [-0.05, 0) is 44.4 Å². The standard InChI is InChI=1S/C14H18N2O3S/c1-11-3-4-12(10-15)9-13(11)20(17,18)16-14(2)5-7-19-8-6-14/h3-4,9,16H,5-8H2,1-2H3. The van der Waals surface area contributed by atoms with Gasteiger partial charge in [0.1, 0.15) is 0 Å². The second-order valence-electron chi connectivity index (χ2n) is 5.37. The van der Waals surface area contributed by atoms with E-state index in [9.17, 15) is 8.42 Å². The largest absolute Gasteiger partial charge is 0.381 e. The number of aryl methyl sites for hydroxylation is 1. The molecule has 6 heteroatoms. The smallest absolute Gasteiger partial charge is 0.241 e. The molecule has 108 valence electrons. The molecule has 1 saturated heterocycles. The molecule has 0 radical (unpaired) electrons. The van der Waals surface area contributed by atoms with Gasteiger partial charge >= 0.3 is 0 Å². The van der Waals surface area contributed by atoms with Crippen molar-refractivity contribution in [3.8, 4) is 6.07 Å². The normalized spacial score (nSPS) is 18.4. The summed E-state index contributed by atoms with van der Waals surface area (Å²) < 4.78 is 33.1. The summed E-state index contributed by atoms with van der Waals surface area (Å²) in [4.78, 5) is 0.171. The number of hydrogen-bond donors (Lipinski definition) is 1. The van der Waals surface area contributed by atoms with Gasteiger partial charge < -0.3 is 4.74 Å². The Morgan fingerprint density at radius 3 is 2.60 bits per heavy atom. The van der Waals surface area contributed by atoms with E-state index < -0.39 is 15.6 Å². The molecule has 0 aliphatic carbocycles. The first-order valence-corrected chi connectivity index (χ1v) is 7.97. The summed E-state index contributed by atoms with van der Waals surface area (Å²) in [7, 11) is -3.64. The summed E-state index contributed by atoms with van der Waals surface area (Å²) in [6.45, 7) is 4.71. The molecule has 20 heavy (non-hydrogen) atoms. The van der Waals surface area contributed by atoms with Crippen LogP contribution in [0.5, 0.6) is 0 Å². The fraction of sp³-hybridized carbons (Fsp3) is 0.500. The molecular formula is C14H18N2O3S. The summed E-state index contributed by atoms with van der Waals surface area (Å²) in [5.41, 5.74) is 0.479. The number of nitrogens with one attached hydrogen (secondary N) is 1. The summed E-state index contributed by atoms with van der Waals surface area (Å²) in [5, 5.41) is 8.91. The van der Waals surface area contributed by atoms with Gasteiger partial charge in [-0.2, -0.15) is 5.26 Å². The van der Waals surface area contributed by atoms with Gasteiger partial charge in [0.05, 0.1) is 16.5 Å². The summed E-state index contributed by atoms with van der Waals surface area (Å²) >= 11 is 0. The van der Waals surface area contributed by atoms with Crippen molar-refractivity contribution in [1.29, 1.82) is 5.26 Å². The first kappa shape index (κ1) is 15.0. The zero-order chi connectivity index (χ0) is 14.8. The fourth-order valence-corrected chi connectivity index (χ4v) is 4.00. The van der Waals surface area contributed by atoms with E-state index in [1.165, 1.54) is 6.07 Å². The molecule has 1 fully saturated rings. The predicted molar refractivity (Wildman–Crippen MR) is 74.7 cm³/mol. The molecule has 2 rings (SSSR count). The topological polar surface area (TPSA) is 79.2 Å². The summed E-state index contributed by atoms with van der Waals surface area (Å²) in [6.07, 6.45) is 1.28. The maximum absolute atomic E-state index is 12.5. The lowest BCUT2D eigenvalue weighted by Crippen LogP contribution is -2.49. The molecule has 1 N–H and O–H groups in total. The highest BCUT2D eigenvalue weighted by Gasteiger charge is 2.33. The van der Waals surface area contributed by atoms with Crippen LogP contribution in [0, 0.1) is 18.3 Å². The molecule has 1 heterocycles. The Morgan fingerprint density at radius 2 is 2.00 bits per heavy atom. The van der Waals surface area contributed by atoms with Crippen LogP contribution in [0.2, 0.25) is 0 Å². The minimum atomic E-state index is -3.64. The molecule has 0 saturated carbocycles. The van der Waals surface area contributed by atoms with Gasteiger partial charge in [0.15, 0.2) is 0 Å². The summed E-state index contributed by atoms with van der Waals surface area (Å²) in [6, 6.07) is 6.65.